The van der Waals surface area contributed by atoms with Gasteiger partial charge in [-0.15, -0.1) is 10.2 Å². The number of aliphatic imine (C=N–C) groups is 2. The summed E-state index contributed by atoms with van der Waals surface area (Å²) < 4.78 is 1.93. The van der Waals surface area contributed by atoms with Crippen LogP contribution in [0.2, 0.25) is 0 Å². The molecular weight excluding hydrogens is 462 g/mol. The molecule has 1 saturated carbocycles. The van der Waals surface area contributed by atoms with Crippen LogP contribution in [-0.2, 0) is 10.3 Å². The first-order valence-corrected chi connectivity index (χ1v) is 12.3. The average molecular weight is 486 g/mol. The van der Waals surface area contributed by atoms with Crippen LogP contribution in [0.15, 0.2) is 82.8 Å². The van der Waals surface area contributed by atoms with E-state index in [1.165, 1.54) is 18.2 Å². The van der Waals surface area contributed by atoms with Crippen molar-refractivity contribution in [3.05, 3.63) is 84.2 Å². The van der Waals surface area contributed by atoms with Crippen molar-refractivity contribution >= 4 is 34.5 Å². The highest BCUT2D eigenvalue weighted by Gasteiger charge is 2.34. The number of carbonyl (C=O) groups is 1. The largest absolute Gasteiger partial charge is 0.321 e. The van der Waals surface area contributed by atoms with E-state index >= 15 is 0 Å². The Morgan fingerprint density at radius 3 is 2.41 bits per heavy atom. The van der Waals surface area contributed by atoms with Crippen LogP contribution < -0.4 is 5.73 Å². The summed E-state index contributed by atoms with van der Waals surface area (Å²) in [5.41, 5.74) is 14.3. The Bertz CT molecular complexity index is 1750. The second kappa shape index (κ2) is 8.25. The number of hydrogen-bond acceptors (Lipinski definition) is 6. The van der Waals surface area contributed by atoms with Gasteiger partial charge in [-0.3, -0.25) is 14.2 Å². The standard InChI is InChI=1S/C29H23N7O/c30-29(13-4-14-29)20-9-7-19(8-10-20)27-21(18-5-2-1-3-6-18)15-24-22(33-27)11-12-25-34-35-28(36(24)25)23-16-32-26(37)17-31-23/h1-3,5-12,15-16H,4,13-14,17,30H2. The minimum Gasteiger partial charge on any atom is -0.321 e. The van der Waals surface area contributed by atoms with E-state index in [-0.39, 0.29) is 18.0 Å². The molecule has 8 nitrogen and oxygen atoms in total. The zero-order valence-electron chi connectivity index (χ0n) is 20.0. The minimum atomic E-state index is -0.274. The van der Waals surface area contributed by atoms with Gasteiger partial charge in [0.15, 0.2) is 11.5 Å². The number of fused-ring (bicyclic) bond motifs is 3. The zero-order chi connectivity index (χ0) is 25.0. The van der Waals surface area contributed by atoms with Crippen LogP contribution in [0.25, 0.3) is 39.1 Å². The first-order valence-electron chi connectivity index (χ1n) is 12.3. The number of nitrogens with two attached hydrogens (primary N) is 1. The third-order valence-corrected chi connectivity index (χ3v) is 7.36. The molecule has 37 heavy (non-hydrogen) atoms. The minimum absolute atomic E-state index is 0.00323. The Hall–Kier alpha value is -4.56. The molecule has 2 N–H and O–H groups in total. The molecule has 5 aromatic rings. The smallest absolute Gasteiger partial charge is 0.267 e. The quantitative estimate of drug-likeness (QED) is 0.407. The summed E-state index contributed by atoms with van der Waals surface area (Å²) in [6.07, 6.45) is 4.68. The monoisotopic (exact) mass is 485 g/mol. The molecule has 4 heterocycles. The number of pyridine rings is 2. The van der Waals surface area contributed by atoms with Crippen molar-refractivity contribution in [2.45, 2.75) is 24.8 Å². The van der Waals surface area contributed by atoms with Gasteiger partial charge in [-0.05, 0) is 48.6 Å². The Morgan fingerprint density at radius 1 is 0.892 bits per heavy atom. The maximum absolute atomic E-state index is 11.6. The third-order valence-electron chi connectivity index (χ3n) is 7.36. The lowest BCUT2D eigenvalue weighted by atomic mass is 9.72. The highest BCUT2D eigenvalue weighted by Crippen LogP contribution is 2.40. The molecule has 1 aliphatic heterocycles. The molecule has 0 unspecified atom stereocenters. The van der Waals surface area contributed by atoms with Crippen molar-refractivity contribution in [3.8, 4) is 22.4 Å². The summed E-state index contributed by atoms with van der Waals surface area (Å²) in [6.45, 7) is 0.00323. The van der Waals surface area contributed by atoms with Gasteiger partial charge >= 0.3 is 0 Å². The first kappa shape index (κ1) is 21.7. The van der Waals surface area contributed by atoms with Gasteiger partial charge in [0.05, 0.1) is 22.9 Å². The topological polar surface area (TPSA) is 111 Å². The average Bonchev–Trinajstić information content (AvgIpc) is 3.37. The molecule has 2 aliphatic rings. The fourth-order valence-electron chi connectivity index (χ4n) is 5.14. The molecule has 1 aliphatic carbocycles. The van der Waals surface area contributed by atoms with Gasteiger partial charge in [-0.2, -0.15) is 0 Å². The lowest BCUT2D eigenvalue weighted by Gasteiger charge is -2.38. The van der Waals surface area contributed by atoms with E-state index in [0.717, 1.165) is 46.3 Å². The second-order valence-electron chi connectivity index (χ2n) is 9.65. The molecule has 0 saturated heterocycles. The van der Waals surface area contributed by atoms with Gasteiger partial charge in [0.1, 0.15) is 12.3 Å². The Morgan fingerprint density at radius 2 is 1.70 bits per heavy atom. The van der Waals surface area contributed by atoms with Crippen LogP contribution in [-0.4, -0.2) is 44.0 Å². The summed E-state index contributed by atoms with van der Waals surface area (Å²) in [4.78, 5) is 25.0. The van der Waals surface area contributed by atoms with E-state index < -0.39 is 0 Å². The van der Waals surface area contributed by atoms with Gasteiger partial charge in [0.25, 0.3) is 5.91 Å². The van der Waals surface area contributed by atoms with Crippen molar-refractivity contribution < 1.29 is 4.79 Å². The van der Waals surface area contributed by atoms with Crippen molar-refractivity contribution in [1.82, 2.24) is 19.6 Å². The number of amides is 1. The Kier molecular flexibility index (Phi) is 4.84. The van der Waals surface area contributed by atoms with Gasteiger partial charge in [-0.1, -0.05) is 54.6 Å². The third kappa shape index (κ3) is 3.56. The summed E-state index contributed by atoms with van der Waals surface area (Å²) >= 11 is 0. The SMILES string of the molecule is NC1(c2ccc(-c3nc4ccc5nnc(C6=NCC(=O)N=C6)n5c4cc3-c3ccccc3)cc2)CCC1. The van der Waals surface area contributed by atoms with E-state index in [9.17, 15) is 4.79 Å². The van der Waals surface area contributed by atoms with Crippen LogP contribution in [0.3, 0.4) is 0 Å². The number of nitrogens with zero attached hydrogens (tertiary/aromatic N) is 6. The maximum Gasteiger partial charge on any atom is 0.267 e. The lowest BCUT2D eigenvalue weighted by molar-refractivity contribution is -0.116. The molecule has 0 bridgehead atoms. The molecule has 1 fully saturated rings. The molecule has 0 atom stereocenters. The number of hydrogen-bond donors (Lipinski definition) is 1. The summed E-state index contributed by atoms with van der Waals surface area (Å²) in [6, 6.07) is 24.7. The second-order valence-corrected chi connectivity index (χ2v) is 9.65. The highest BCUT2D eigenvalue weighted by atomic mass is 16.1. The van der Waals surface area contributed by atoms with Crippen molar-refractivity contribution in [2.24, 2.45) is 15.7 Å². The van der Waals surface area contributed by atoms with Crippen LogP contribution in [0, 0.1) is 0 Å². The predicted molar refractivity (Wildman–Crippen MR) is 144 cm³/mol. The molecule has 7 rings (SSSR count). The summed E-state index contributed by atoms with van der Waals surface area (Å²) in [7, 11) is 0. The van der Waals surface area contributed by atoms with Crippen molar-refractivity contribution in [1.29, 1.82) is 0 Å². The molecule has 3 aromatic heterocycles. The Balaban J connectivity index is 1.44. The Labute approximate surface area is 212 Å². The molecule has 0 spiro atoms. The molecule has 8 heteroatoms. The van der Waals surface area contributed by atoms with E-state index in [0.29, 0.717) is 17.2 Å². The molecule has 0 radical (unpaired) electrons. The van der Waals surface area contributed by atoms with Gasteiger partial charge in [0, 0.05) is 16.7 Å². The molecule has 1 amide bonds. The van der Waals surface area contributed by atoms with Gasteiger partial charge in [0.2, 0.25) is 0 Å². The first-order chi connectivity index (χ1) is 18.1. The number of carbonyl (C=O) groups excluding carboxylic acids is 1. The van der Waals surface area contributed by atoms with Crippen molar-refractivity contribution in [3.63, 3.8) is 0 Å². The van der Waals surface area contributed by atoms with E-state index in [1.54, 1.807) is 0 Å². The van der Waals surface area contributed by atoms with E-state index in [2.05, 4.69) is 62.6 Å². The summed E-state index contributed by atoms with van der Waals surface area (Å²) in [5.74, 6) is 0.257. The molecule has 180 valence electrons. The highest BCUT2D eigenvalue weighted by molar-refractivity contribution is 6.39. The predicted octanol–water partition coefficient (Wildman–Crippen LogP) is 4.35. The number of aromatic nitrogens is 4. The van der Waals surface area contributed by atoms with Crippen LogP contribution in [0.1, 0.15) is 30.7 Å². The molecular formula is C29H23N7O. The normalized spacial score (nSPS) is 16.7. The van der Waals surface area contributed by atoms with E-state index in [1.807, 2.05) is 34.7 Å². The fraction of sp³-hybridized carbons (Fsp3) is 0.172. The van der Waals surface area contributed by atoms with Gasteiger partial charge in [-0.25, -0.2) is 9.98 Å². The maximum atomic E-state index is 11.6. The summed E-state index contributed by atoms with van der Waals surface area (Å²) in [5, 5.41) is 8.70. The van der Waals surface area contributed by atoms with Gasteiger partial charge < -0.3 is 5.73 Å². The lowest BCUT2D eigenvalue weighted by Crippen LogP contribution is -2.43. The van der Waals surface area contributed by atoms with E-state index in [4.69, 9.17) is 10.7 Å². The van der Waals surface area contributed by atoms with Crippen LogP contribution in [0.4, 0.5) is 0 Å². The molecule has 2 aromatic carbocycles. The zero-order valence-corrected chi connectivity index (χ0v) is 20.0. The van der Waals surface area contributed by atoms with Crippen LogP contribution >= 0.6 is 0 Å². The van der Waals surface area contributed by atoms with Crippen molar-refractivity contribution in [2.75, 3.05) is 6.54 Å². The number of benzene rings is 2. The van der Waals surface area contributed by atoms with Crippen LogP contribution in [0.5, 0.6) is 0 Å². The fourth-order valence-corrected chi connectivity index (χ4v) is 5.14. The number of rotatable bonds is 4.